The number of anilines is 2. The summed E-state index contributed by atoms with van der Waals surface area (Å²) in [5, 5.41) is 19.3. The number of rotatable bonds is 1. The lowest BCUT2D eigenvalue weighted by Crippen LogP contribution is -1.97. The summed E-state index contributed by atoms with van der Waals surface area (Å²) < 4.78 is 0. The van der Waals surface area contributed by atoms with Crippen LogP contribution in [0.4, 0.5) is 11.4 Å². The van der Waals surface area contributed by atoms with Crippen molar-refractivity contribution in [1.82, 2.24) is 0 Å². The Labute approximate surface area is 92.8 Å². The molecule has 0 unspecified atom stereocenters. The zero-order valence-corrected chi connectivity index (χ0v) is 8.51. The van der Waals surface area contributed by atoms with E-state index >= 15 is 0 Å². The van der Waals surface area contributed by atoms with Gasteiger partial charge < -0.3 is 21.7 Å². The average molecular weight is 216 g/mol. The minimum atomic E-state index is -0.273. The maximum absolute atomic E-state index is 9.77. The quantitative estimate of drug-likeness (QED) is 0.333. The number of hydrogen-bond donors (Lipinski definition) is 4. The van der Waals surface area contributed by atoms with E-state index in [4.69, 9.17) is 11.5 Å². The highest BCUT2D eigenvalue weighted by molar-refractivity contribution is 5.90. The number of nitrogen functional groups attached to an aromatic ring is 2. The van der Waals surface area contributed by atoms with Crippen molar-refractivity contribution in [3.05, 3.63) is 36.4 Å². The molecule has 4 heteroatoms. The minimum Gasteiger partial charge on any atom is -0.504 e. The smallest absolute Gasteiger partial charge is 0.167 e. The van der Waals surface area contributed by atoms with E-state index in [9.17, 15) is 10.2 Å². The molecular weight excluding hydrogens is 204 g/mol. The molecule has 0 aromatic heterocycles. The fourth-order valence-corrected chi connectivity index (χ4v) is 1.59. The molecule has 0 bridgehead atoms. The molecule has 2 aromatic rings. The van der Waals surface area contributed by atoms with Crippen LogP contribution in [0.25, 0.3) is 11.1 Å². The topological polar surface area (TPSA) is 92.5 Å². The maximum atomic E-state index is 9.77. The zero-order valence-electron chi connectivity index (χ0n) is 8.51. The highest BCUT2D eigenvalue weighted by atomic mass is 16.3. The summed E-state index contributed by atoms with van der Waals surface area (Å²) in [7, 11) is 0. The summed E-state index contributed by atoms with van der Waals surface area (Å²) in [5.74, 6) is -0.525. The molecule has 0 aliphatic rings. The van der Waals surface area contributed by atoms with Gasteiger partial charge in [-0.2, -0.15) is 0 Å². The third kappa shape index (κ3) is 1.50. The Kier molecular flexibility index (Phi) is 2.32. The summed E-state index contributed by atoms with van der Waals surface area (Å²) in [5.41, 5.74) is 13.0. The average Bonchev–Trinajstić information content (AvgIpc) is 2.28. The molecule has 2 aromatic carbocycles. The van der Waals surface area contributed by atoms with E-state index in [1.54, 1.807) is 12.1 Å². The Hall–Kier alpha value is -2.36. The Morgan fingerprint density at radius 1 is 0.938 bits per heavy atom. The molecule has 2 rings (SSSR count). The first kappa shape index (κ1) is 10.2. The fraction of sp³-hybridized carbons (Fsp3) is 0. The second-order valence-corrected chi connectivity index (χ2v) is 3.49. The summed E-state index contributed by atoms with van der Waals surface area (Å²) >= 11 is 0. The number of aromatic hydroxyl groups is 2. The number of hydrogen-bond acceptors (Lipinski definition) is 4. The van der Waals surface area contributed by atoms with Crippen LogP contribution in [0.15, 0.2) is 36.4 Å². The third-order valence-corrected chi connectivity index (χ3v) is 2.41. The van der Waals surface area contributed by atoms with Crippen LogP contribution in [-0.2, 0) is 0 Å². The van der Waals surface area contributed by atoms with Gasteiger partial charge in [0.25, 0.3) is 0 Å². The molecule has 0 aliphatic heterocycles. The molecule has 0 saturated carbocycles. The van der Waals surface area contributed by atoms with Crippen LogP contribution in [0.3, 0.4) is 0 Å². The van der Waals surface area contributed by atoms with Crippen molar-refractivity contribution in [3.8, 4) is 22.6 Å². The molecule has 0 amide bonds. The van der Waals surface area contributed by atoms with E-state index in [2.05, 4.69) is 0 Å². The molecule has 0 saturated heterocycles. The lowest BCUT2D eigenvalue weighted by molar-refractivity contribution is 0.405. The van der Waals surface area contributed by atoms with Gasteiger partial charge in [0.05, 0.1) is 16.9 Å². The fourth-order valence-electron chi connectivity index (χ4n) is 1.59. The third-order valence-electron chi connectivity index (χ3n) is 2.41. The van der Waals surface area contributed by atoms with Gasteiger partial charge in [0.1, 0.15) is 0 Å². The van der Waals surface area contributed by atoms with Crippen molar-refractivity contribution in [2.24, 2.45) is 0 Å². The van der Waals surface area contributed by atoms with E-state index in [0.717, 1.165) is 0 Å². The largest absolute Gasteiger partial charge is 0.504 e. The van der Waals surface area contributed by atoms with Crippen LogP contribution in [-0.4, -0.2) is 10.2 Å². The van der Waals surface area contributed by atoms with E-state index in [1.807, 2.05) is 18.2 Å². The summed E-state index contributed by atoms with van der Waals surface area (Å²) in [6.07, 6.45) is 0. The van der Waals surface area contributed by atoms with Crippen LogP contribution >= 0.6 is 0 Å². The number of phenols is 2. The van der Waals surface area contributed by atoms with E-state index in [1.165, 1.54) is 6.07 Å². The van der Waals surface area contributed by atoms with E-state index in [-0.39, 0.29) is 22.9 Å². The summed E-state index contributed by atoms with van der Waals surface area (Å²) in [4.78, 5) is 0. The van der Waals surface area contributed by atoms with Gasteiger partial charge in [-0.05, 0) is 5.56 Å². The molecule has 4 nitrogen and oxygen atoms in total. The highest BCUT2D eigenvalue weighted by Gasteiger charge is 2.15. The van der Waals surface area contributed by atoms with Gasteiger partial charge in [-0.1, -0.05) is 30.3 Å². The van der Waals surface area contributed by atoms with Crippen LogP contribution in [0, 0.1) is 0 Å². The zero-order chi connectivity index (χ0) is 11.7. The Morgan fingerprint density at radius 3 is 2.19 bits per heavy atom. The van der Waals surface area contributed by atoms with Gasteiger partial charge in [0, 0.05) is 6.07 Å². The van der Waals surface area contributed by atoms with Crippen molar-refractivity contribution in [2.75, 3.05) is 11.5 Å². The SMILES string of the molecule is Nc1cc(O)c(O)c(-c2ccccc2)c1N. The standard InChI is InChI=1S/C12H12N2O2/c13-8-6-9(15)12(16)10(11(8)14)7-4-2-1-3-5-7/h1-6,15-16H,13-14H2. The number of phenolic OH excluding ortho intramolecular Hbond substituents is 2. The van der Waals surface area contributed by atoms with Gasteiger partial charge in [-0.3, -0.25) is 0 Å². The van der Waals surface area contributed by atoms with Crippen LogP contribution in [0.2, 0.25) is 0 Å². The molecule has 0 spiro atoms. The van der Waals surface area contributed by atoms with Crippen molar-refractivity contribution < 1.29 is 10.2 Å². The molecule has 0 aliphatic carbocycles. The molecule has 82 valence electrons. The molecule has 6 N–H and O–H groups in total. The van der Waals surface area contributed by atoms with Gasteiger partial charge in [0.15, 0.2) is 11.5 Å². The molecule has 0 atom stereocenters. The summed E-state index contributed by atoms with van der Waals surface area (Å²) in [6, 6.07) is 10.3. The first-order valence-corrected chi connectivity index (χ1v) is 4.76. The molecule has 0 radical (unpaired) electrons. The minimum absolute atomic E-state index is 0.245. The predicted molar refractivity (Wildman–Crippen MR) is 64.0 cm³/mol. The normalized spacial score (nSPS) is 10.2. The molecule has 16 heavy (non-hydrogen) atoms. The van der Waals surface area contributed by atoms with Gasteiger partial charge in [-0.15, -0.1) is 0 Å². The molecule has 0 fully saturated rings. The van der Waals surface area contributed by atoms with E-state index in [0.29, 0.717) is 11.1 Å². The first-order valence-electron chi connectivity index (χ1n) is 4.76. The highest BCUT2D eigenvalue weighted by Crippen LogP contribution is 2.43. The monoisotopic (exact) mass is 216 g/mol. The molecule has 0 heterocycles. The van der Waals surface area contributed by atoms with Crippen molar-refractivity contribution in [1.29, 1.82) is 0 Å². The van der Waals surface area contributed by atoms with Gasteiger partial charge in [0.2, 0.25) is 0 Å². The van der Waals surface area contributed by atoms with Crippen LogP contribution in [0.5, 0.6) is 11.5 Å². The lowest BCUT2D eigenvalue weighted by Gasteiger charge is -2.12. The molecular formula is C12H12N2O2. The van der Waals surface area contributed by atoms with Crippen molar-refractivity contribution >= 4 is 11.4 Å². The number of benzene rings is 2. The van der Waals surface area contributed by atoms with Crippen LogP contribution < -0.4 is 11.5 Å². The second kappa shape index (κ2) is 3.66. The maximum Gasteiger partial charge on any atom is 0.167 e. The van der Waals surface area contributed by atoms with Gasteiger partial charge in [-0.25, -0.2) is 0 Å². The Morgan fingerprint density at radius 2 is 1.56 bits per heavy atom. The Balaban J connectivity index is 2.74. The first-order chi connectivity index (χ1) is 7.61. The van der Waals surface area contributed by atoms with Gasteiger partial charge >= 0.3 is 0 Å². The predicted octanol–water partition coefficient (Wildman–Crippen LogP) is 1.93. The van der Waals surface area contributed by atoms with E-state index < -0.39 is 0 Å². The second-order valence-electron chi connectivity index (χ2n) is 3.49. The number of nitrogens with two attached hydrogens (primary N) is 2. The lowest BCUT2D eigenvalue weighted by atomic mass is 10.0. The van der Waals surface area contributed by atoms with Crippen LogP contribution in [0.1, 0.15) is 0 Å². The van der Waals surface area contributed by atoms with Crippen molar-refractivity contribution in [3.63, 3.8) is 0 Å². The van der Waals surface area contributed by atoms with Crippen molar-refractivity contribution in [2.45, 2.75) is 0 Å². The summed E-state index contributed by atoms with van der Waals surface area (Å²) in [6.45, 7) is 0. The Bertz CT molecular complexity index is 498.